The minimum atomic E-state index is -0.381. The number of thiazole rings is 1. The standard InChI is InChI=1S/C9H15NOS/c1-4-6(2)8(11)9-10-5-7(3)12-9/h5-6,8,11H,4H2,1-3H3. The molecule has 1 aromatic rings. The Morgan fingerprint density at radius 1 is 1.67 bits per heavy atom. The van der Waals surface area contributed by atoms with Crippen molar-refractivity contribution in [3.8, 4) is 0 Å². The first-order valence-electron chi connectivity index (χ1n) is 4.25. The van der Waals surface area contributed by atoms with Crippen LogP contribution in [0.25, 0.3) is 0 Å². The smallest absolute Gasteiger partial charge is 0.122 e. The number of hydrogen-bond donors (Lipinski definition) is 1. The van der Waals surface area contributed by atoms with Crippen molar-refractivity contribution in [2.75, 3.05) is 0 Å². The molecular formula is C9H15NOS. The lowest BCUT2D eigenvalue weighted by Crippen LogP contribution is -2.07. The molecule has 3 heteroatoms. The molecule has 68 valence electrons. The van der Waals surface area contributed by atoms with Gasteiger partial charge in [-0.3, -0.25) is 0 Å². The summed E-state index contributed by atoms with van der Waals surface area (Å²) in [5.41, 5.74) is 0. The maximum Gasteiger partial charge on any atom is 0.122 e. The highest BCUT2D eigenvalue weighted by Gasteiger charge is 2.17. The Bertz CT molecular complexity index is 246. The van der Waals surface area contributed by atoms with Gasteiger partial charge in [0.2, 0.25) is 0 Å². The van der Waals surface area contributed by atoms with E-state index in [2.05, 4.69) is 11.9 Å². The minimum absolute atomic E-state index is 0.301. The van der Waals surface area contributed by atoms with Crippen LogP contribution in [0.5, 0.6) is 0 Å². The predicted molar refractivity (Wildman–Crippen MR) is 51.3 cm³/mol. The molecule has 0 fully saturated rings. The van der Waals surface area contributed by atoms with Crippen LogP contribution in [-0.4, -0.2) is 10.1 Å². The molecule has 1 N–H and O–H groups in total. The molecule has 1 rings (SSSR count). The first-order valence-corrected chi connectivity index (χ1v) is 5.07. The highest BCUT2D eigenvalue weighted by molar-refractivity contribution is 7.11. The predicted octanol–water partition coefficient (Wildman–Crippen LogP) is 2.53. The van der Waals surface area contributed by atoms with Crippen LogP contribution in [-0.2, 0) is 0 Å². The van der Waals surface area contributed by atoms with Gasteiger partial charge in [0.1, 0.15) is 11.1 Å². The van der Waals surface area contributed by atoms with Gasteiger partial charge in [-0.2, -0.15) is 0 Å². The first-order chi connectivity index (χ1) is 5.65. The summed E-state index contributed by atoms with van der Waals surface area (Å²) >= 11 is 1.58. The van der Waals surface area contributed by atoms with Crippen LogP contribution < -0.4 is 0 Å². The zero-order chi connectivity index (χ0) is 9.14. The molecule has 2 atom stereocenters. The van der Waals surface area contributed by atoms with Crippen molar-refractivity contribution in [2.45, 2.75) is 33.3 Å². The zero-order valence-corrected chi connectivity index (χ0v) is 8.56. The van der Waals surface area contributed by atoms with E-state index in [0.717, 1.165) is 16.3 Å². The number of aryl methyl sites for hydroxylation is 1. The number of aromatic nitrogens is 1. The molecule has 0 aliphatic heterocycles. The van der Waals surface area contributed by atoms with Crippen molar-refractivity contribution in [2.24, 2.45) is 5.92 Å². The quantitative estimate of drug-likeness (QED) is 0.785. The third kappa shape index (κ3) is 2.05. The van der Waals surface area contributed by atoms with Crippen molar-refractivity contribution in [1.82, 2.24) is 4.98 Å². The third-order valence-electron chi connectivity index (χ3n) is 2.08. The van der Waals surface area contributed by atoms with Gasteiger partial charge in [-0.05, 0) is 12.8 Å². The molecule has 0 spiro atoms. The van der Waals surface area contributed by atoms with Gasteiger partial charge in [-0.25, -0.2) is 4.98 Å². The van der Waals surface area contributed by atoms with Crippen molar-refractivity contribution in [3.05, 3.63) is 16.1 Å². The fourth-order valence-electron chi connectivity index (χ4n) is 0.976. The summed E-state index contributed by atoms with van der Waals surface area (Å²) < 4.78 is 0. The summed E-state index contributed by atoms with van der Waals surface area (Å²) in [5, 5.41) is 10.6. The monoisotopic (exact) mass is 185 g/mol. The van der Waals surface area contributed by atoms with E-state index in [9.17, 15) is 5.11 Å². The fourth-order valence-corrected chi connectivity index (χ4v) is 1.87. The van der Waals surface area contributed by atoms with Gasteiger partial charge in [0.15, 0.2) is 0 Å². The number of aliphatic hydroxyl groups is 1. The van der Waals surface area contributed by atoms with E-state index < -0.39 is 0 Å². The number of rotatable bonds is 3. The van der Waals surface area contributed by atoms with Crippen molar-refractivity contribution < 1.29 is 5.11 Å². The second-order valence-corrected chi connectivity index (χ2v) is 4.41. The van der Waals surface area contributed by atoms with Gasteiger partial charge >= 0.3 is 0 Å². The molecule has 2 unspecified atom stereocenters. The topological polar surface area (TPSA) is 33.1 Å². The lowest BCUT2D eigenvalue weighted by Gasteiger charge is -2.13. The molecular weight excluding hydrogens is 170 g/mol. The Kier molecular flexibility index (Phi) is 3.23. The molecule has 0 aliphatic carbocycles. The Labute approximate surface area is 77.3 Å². The summed E-state index contributed by atoms with van der Waals surface area (Å²) in [6.45, 7) is 6.13. The van der Waals surface area contributed by atoms with E-state index >= 15 is 0 Å². The Morgan fingerprint density at radius 2 is 2.33 bits per heavy atom. The summed E-state index contributed by atoms with van der Waals surface area (Å²) in [6.07, 6.45) is 2.42. The molecule has 0 radical (unpaired) electrons. The Balaban J connectivity index is 2.70. The molecule has 0 amide bonds. The van der Waals surface area contributed by atoms with Gasteiger partial charge in [-0.15, -0.1) is 11.3 Å². The molecule has 0 bridgehead atoms. The molecule has 1 heterocycles. The molecule has 2 nitrogen and oxygen atoms in total. The highest BCUT2D eigenvalue weighted by atomic mass is 32.1. The average Bonchev–Trinajstić information content (AvgIpc) is 2.49. The van der Waals surface area contributed by atoms with Gasteiger partial charge in [-0.1, -0.05) is 20.3 Å². The first kappa shape index (κ1) is 9.68. The highest BCUT2D eigenvalue weighted by Crippen LogP contribution is 2.27. The molecule has 0 aromatic carbocycles. The summed E-state index contributed by atoms with van der Waals surface area (Å²) in [6, 6.07) is 0. The van der Waals surface area contributed by atoms with E-state index in [4.69, 9.17) is 0 Å². The second-order valence-electron chi connectivity index (χ2n) is 3.14. The summed E-state index contributed by atoms with van der Waals surface area (Å²) in [7, 11) is 0. The van der Waals surface area contributed by atoms with Crippen LogP contribution in [0, 0.1) is 12.8 Å². The van der Waals surface area contributed by atoms with E-state index in [1.54, 1.807) is 11.3 Å². The van der Waals surface area contributed by atoms with Gasteiger partial charge in [0, 0.05) is 11.1 Å². The number of nitrogens with zero attached hydrogens (tertiary/aromatic N) is 1. The van der Waals surface area contributed by atoms with Gasteiger partial charge in [0.05, 0.1) is 0 Å². The van der Waals surface area contributed by atoms with Crippen molar-refractivity contribution in [1.29, 1.82) is 0 Å². The second kappa shape index (κ2) is 4.01. The fraction of sp³-hybridized carbons (Fsp3) is 0.667. The summed E-state index contributed by atoms with van der Waals surface area (Å²) in [5.74, 6) is 0.301. The van der Waals surface area contributed by atoms with Crippen molar-refractivity contribution >= 4 is 11.3 Å². The van der Waals surface area contributed by atoms with Crippen LogP contribution in [0.2, 0.25) is 0 Å². The third-order valence-corrected chi connectivity index (χ3v) is 3.06. The van der Waals surface area contributed by atoms with Crippen LogP contribution in [0.4, 0.5) is 0 Å². The van der Waals surface area contributed by atoms with Crippen LogP contribution in [0.15, 0.2) is 6.20 Å². The Morgan fingerprint density at radius 3 is 2.75 bits per heavy atom. The Hall–Kier alpha value is -0.410. The van der Waals surface area contributed by atoms with Gasteiger partial charge in [0.25, 0.3) is 0 Å². The minimum Gasteiger partial charge on any atom is -0.386 e. The molecule has 0 saturated carbocycles. The van der Waals surface area contributed by atoms with Crippen LogP contribution in [0.3, 0.4) is 0 Å². The van der Waals surface area contributed by atoms with E-state index in [1.807, 2.05) is 20.0 Å². The molecule has 0 saturated heterocycles. The van der Waals surface area contributed by atoms with Crippen LogP contribution in [0.1, 0.15) is 36.3 Å². The zero-order valence-electron chi connectivity index (χ0n) is 7.74. The van der Waals surface area contributed by atoms with Crippen LogP contribution >= 0.6 is 11.3 Å². The maximum absolute atomic E-state index is 9.75. The molecule has 12 heavy (non-hydrogen) atoms. The summed E-state index contributed by atoms with van der Waals surface area (Å²) in [4.78, 5) is 5.31. The number of hydrogen-bond acceptors (Lipinski definition) is 3. The van der Waals surface area contributed by atoms with Crippen molar-refractivity contribution in [3.63, 3.8) is 0 Å². The van der Waals surface area contributed by atoms with E-state index in [1.165, 1.54) is 0 Å². The molecule has 0 aliphatic rings. The van der Waals surface area contributed by atoms with Gasteiger partial charge < -0.3 is 5.11 Å². The number of aliphatic hydroxyl groups excluding tert-OH is 1. The maximum atomic E-state index is 9.75. The normalized spacial score (nSPS) is 16.0. The average molecular weight is 185 g/mol. The SMILES string of the molecule is CCC(C)C(O)c1ncc(C)s1. The lowest BCUT2D eigenvalue weighted by atomic mass is 10.0. The largest absolute Gasteiger partial charge is 0.386 e. The molecule has 1 aromatic heterocycles. The lowest BCUT2D eigenvalue weighted by molar-refractivity contribution is 0.115. The van der Waals surface area contributed by atoms with E-state index in [0.29, 0.717) is 5.92 Å². The van der Waals surface area contributed by atoms with E-state index in [-0.39, 0.29) is 6.10 Å².